The van der Waals surface area contributed by atoms with E-state index in [0.717, 1.165) is 19.3 Å². The molecule has 1 aliphatic rings. The van der Waals surface area contributed by atoms with E-state index in [1.54, 1.807) is 0 Å². The normalized spacial score (nSPS) is 14.2. The van der Waals surface area contributed by atoms with Gasteiger partial charge in [0.05, 0.1) is 0 Å². The Morgan fingerprint density at radius 3 is 2.40 bits per heavy atom. The van der Waals surface area contributed by atoms with Gasteiger partial charge in [0, 0.05) is 6.04 Å². The van der Waals surface area contributed by atoms with E-state index in [0.29, 0.717) is 5.92 Å². The molecule has 104 valence electrons. The first-order valence-corrected chi connectivity index (χ1v) is 7.71. The largest absolute Gasteiger partial charge is 0.324 e. The van der Waals surface area contributed by atoms with Crippen molar-refractivity contribution in [1.29, 1.82) is 0 Å². The van der Waals surface area contributed by atoms with Crippen LogP contribution in [0.15, 0.2) is 42.5 Å². The van der Waals surface area contributed by atoms with Crippen LogP contribution in [0.5, 0.6) is 0 Å². The third-order valence-electron chi connectivity index (χ3n) is 4.76. The van der Waals surface area contributed by atoms with Gasteiger partial charge in [0.2, 0.25) is 0 Å². The van der Waals surface area contributed by atoms with Crippen LogP contribution in [-0.2, 0) is 6.42 Å². The molecule has 3 rings (SSSR count). The minimum Gasteiger partial charge on any atom is -0.324 e. The number of benzene rings is 2. The fraction of sp³-hybridized carbons (Fsp3) is 0.368. The average Bonchev–Trinajstić information content (AvgIpc) is 2.86. The fourth-order valence-corrected chi connectivity index (χ4v) is 3.42. The SMILES string of the molecule is CCC(CC)C(N)c1ccc2c(c1)-c1ccccc1C2. The van der Waals surface area contributed by atoms with E-state index in [1.165, 1.54) is 27.8 Å². The third-order valence-corrected chi connectivity index (χ3v) is 4.76. The zero-order chi connectivity index (χ0) is 14.1. The molecule has 0 saturated heterocycles. The van der Waals surface area contributed by atoms with Crippen LogP contribution >= 0.6 is 0 Å². The minimum absolute atomic E-state index is 0.156. The van der Waals surface area contributed by atoms with Crippen LogP contribution in [-0.4, -0.2) is 0 Å². The Balaban J connectivity index is 1.99. The van der Waals surface area contributed by atoms with Crippen molar-refractivity contribution in [1.82, 2.24) is 0 Å². The van der Waals surface area contributed by atoms with Gasteiger partial charge in [-0.05, 0) is 46.2 Å². The predicted molar refractivity (Wildman–Crippen MR) is 85.7 cm³/mol. The van der Waals surface area contributed by atoms with E-state index in [-0.39, 0.29) is 6.04 Å². The number of fused-ring (bicyclic) bond motifs is 3. The Labute approximate surface area is 121 Å². The highest BCUT2D eigenvalue weighted by atomic mass is 14.6. The molecule has 2 aromatic carbocycles. The summed E-state index contributed by atoms with van der Waals surface area (Å²) in [7, 11) is 0. The van der Waals surface area contributed by atoms with E-state index in [9.17, 15) is 0 Å². The van der Waals surface area contributed by atoms with Gasteiger partial charge in [-0.2, -0.15) is 0 Å². The first-order chi connectivity index (χ1) is 9.74. The van der Waals surface area contributed by atoms with Crippen molar-refractivity contribution in [3.05, 3.63) is 59.2 Å². The highest BCUT2D eigenvalue weighted by Crippen LogP contribution is 2.38. The molecular weight excluding hydrogens is 242 g/mol. The Kier molecular flexibility index (Phi) is 3.62. The van der Waals surface area contributed by atoms with Crippen molar-refractivity contribution in [2.24, 2.45) is 11.7 Å². The summed E-state index contributed by atoms with van der Waals surface area (Å²) < 4.78 is 0. The summed E-state index contributed by atoms with van der Waals surface area (Å²) in [5.41, 5.74) is 13.4. The summed E-state index contributed by atoms with van der Waals surface area (Å²) in [6, 6.07) is 15.7. The zero-order valence-corrected chi connectivity index (χ0v) is 12.4. The van der Waals surface area contributed by atoms with E-state index in [4.69, 9.17) is 5.73 Å². The van der Waals surface area contributed by atoms with Gasteiger partial charge in [0.15, 0.2) is 0 Å². The van der Waals surface area contributed by atoms with Gasteiger partial charge < -0.3 is 5.73 Å². The van der Waals surface area contributed by atoms with Gasteiger partial charge in [-0.25, -0.2) is 0 Å². The summed E-state index contributed by atoms with van der Waals surface area (Å²) in [4.78, 5) is 0. The molecule has 20 heavy (non-hydrogen) atoms. The number of hydrogen-bond acceptors (Lipinski definition) is 1. The number of hydrogen-bond donors (Lipinski definition) is 1. The summed E-state index contributed by atoms with van der Waals surface area (Å²) in [6.45, 7) is 4.47. The lowest BCUT2D eigenvalue weighted by Gasteiger charge is -2.22. The second kappa shape index (κ2) is 5.41. The highest BCUT2D eigenvalue weighted by Gasteiger charge is 2.21. The maximum Gasteiger partial charge on any atom is 0.0323 e. The van der Waals surface area contributed by atoms with Crippen LogP contribution < -0.4 is 5.73 Å². The van der Waals surface area contributed by atoms with Crippen LogP contribution in [0.25, 0.3) is 11.1 Å². The van der Waals surface area contributed by atoms with Gasteiger partial charge in [-0.1, -0.05) is 63.1 Å². The maximum atomic E-state index is 6.47. The molecule has 0 saturated carbocycles. The fourth-order valence-electron chi connectivity index (χ4n) is 3.42. The standard InChI is InChI=1S/C19H23N/c1-3-13(4-2)19(20)16-10-9-15-11-14-7-5-6-8-17(14)18(15)12-16/h5-10,12-13,19H,3-4,11,20H2,1-2H3. The summed E-state index contributed by atoms with van der Waals surface area (Å²) >= 11 is 0. The smallest absolute Gasteiger partial charge is 0.0323 e. The molecule has 0 fully saturated rings. The average molecular weight is 265 g/mol. The molecule has 1 unspecified atom stereocenters. The summed E-state index contributed by atoms with van der Waals surface area (Å²) in [5, 5.41) is 0. The first-order valence-electron chi connectivity index (χ1n) is 7.71. The second-order valence-corrected chi connectivity index (χ2v) is 5.85. The molecule has 0 aliphatic heterocycles. The third kappa shape index (κ3) is 2.16. The molecule has 0 bridgehead atoms. The molecule has 0 aromatic heterocycles. The van der Waals surface area contributed by atoms with Crippen LogP contribution in [0, 0.1) is 5.92 Å². The van der Waals surface area contributed by atoms with Crippen molar-refractivity contribution in [3.63, 3.8) is 0 Å². The molecule has 2 aromatic rings. The predicted octanol–water partition coefficient (Wildman–Crippen LogP) is 4.69. The quantitative estimate of drug-likeness (QED) is 0.727. The Morgan fingerprint density at radius 2 is 1.65 bits per heavy atom. The van der Waals surface area contributed by atoms with E-state index < -0.39 is 0 Å². The lowest BCUT2D eigenvalue weighted by atomic mass is 9.88. The van der Waals surface area contributed by atoms with Crippen molar-refractivity contribution in [3.8, 4) is 11.1 Å². The summed E-state index contributed by atoms with van der Waals surface area (Å²) in [5.74, 6) is 0.574. The molecule has 1 atom stereocenters. The minimum atomic E-state index is 0.156. The van der Waals surface area contributed by atoms with Crippen LogP contribution in [0.2, 0.25) is 0 Å². The Morgan fingerprint density at radius 1 is 0.950 bits per heavy atom. The van der Waals surface area contributed by atoms with Crippen molar-refractivity contribution in [2.75, 3.05) is 0 Å². The van der Waals surface area contributed by atoms with Gasteiger partial charge in [0.25, 0.3) is 0 Å². The van der Waals surface area contributed by atoms with Crippen LogP contribution in [0.3, 0.4) is 0 Å². The molecule has 0 radical (unpaired) electrons. The topological polar surface area (TPSA) is 26.0 Å². The van der Waals surface area contributed by atoms with Crippen molar-refractivity contribution < 1.29 is 0 Å². The lowest BCUT2D eigenvalue weighted by molar-refractivity contribution is 0.405. The number of nitrogens with two attached hydrogens (primary N) is 1. The Hall–Kier alpha value is -1.60. The molecule has 1 nitrogen and oxygen atoms in total. The van der Waals surface area contributed by atoms with Crippen molar-refractivity contribution >= 4 is 0 Å². The van der Waals surface area contributed by atoms with E-state index in [1.807, 2.05) is 0 Å². The van der Waals surface area contributed by atoms with Gasteiger partial charge in [-0.15, -0.1) is 0 Å². The molecule has 0 amide bonds. The molecule has 0 heterocycles. The maximum absolute atomic E-state index is 6.47. The highest BCUT2D eigenvalue weighted by molar-refractivity contribution is 5.77. The Bertz CT molecular complexity index is 611. The monoisotopic (exact) mass is 265 g/mol. The first kappa shape index (κ1) is 13.4. The molecule has 2 N–H and O–H groups in total. The summed E-state index contributed by atoms with van der Waals surface area (Å²) in [6.07, 6.45) is 3.35. The van der Waals surface area contributed by atoms with Crippen LogP contribution in [0.1, 0.15) is 49.4 Å². The molecular formula is C19H23N. The second-order valence-electron chi connectivity index (χ2n) is 5.85. The molecule has 1 heteroatoms. The number of rotatable bonds is 4. The van der Waals surface area contributed by atoms with Gasteiger partial charge >= 0.3 is 0 Å². The van der Waals surface area contributed by atoms with E-state index >= 15 is 0 Å². The van der Waals surface area contributed by atoms with Crippen LogP contribution in [0.4, 0.5) is 0 Å². The van der Waals surface area contributed by atoms with Gasteiger partial charge in [-0.3, -0.25) is 0 Å². The van der Waals surface area contributed by atoms with Crippen molar-refractivity contribution in [2.45, 2.75) is 39.2 Å². The lowest BCUT2D eigenvalue weighted by Crippen LogP contribution is -2.20. The van der Waals surface area contributed by atoms with E-state index in [2.05, 4.69) is 56.3 Å². The zero-order valence-electron chi connectivity index (χ0n) is 12.4. The van der Waals surface area contributed by atoms with Gasteiger partial charge in [0.1, 0.15) is 0 Å². The molecule has 1 aliphatic carbocycles. The molecule has 0 spiro atoms.